The molecule has 0 N–H and O–H groups in total. The van der Waals surface area contributed by atoms with Crippen molar-refractivity contribution in [2.45, 2.75) is 47.0 Å². The molecule has 2 aromatic rings. The van der Waals surface area contributed by atoms with E-state index in [-0.39, 0.29) is 5.91 Å². The van der Waals surface area contributed by atoms with Crippen LogP contribution >= 0.6 is 0 Å². The van der Waals surface area contributed by atoms with Crippen LogP contribution in [0.3, 0.4) is 0 Å². The fraction of sp³-hybridized carbons (Fsp3) is 0.381. The molecule has 0 atom stereocenters. The Morgan fingerprint density at radius 1 is 1.13 bits per heavy atom. The van der Waals surface area contributed by atoms with Gasteiger partial charge in [-0.15, -0.1) is 0 Å². The van der Waals surface area contributed by atoms with Crippen molar-refractivity contribution in [1.29, 1.82) is 0 Å². The lowest BCUT2D eigenvalue weighted by atomic mass is 9.98. The number of amides is 1. The quantitative estimate of drug-likeness (QED) is 0.749. The minimum atomic E-state index is 0.120. The maximum atomic E-state index is 12.8. The first kappa shape index (κ1) is 17.3. The molecule has 0 fully saturated rings. The summed E-state index contributed by atoms with van der Waals surface area (Å²) < 4.78 is 0. The number of anilines is 1. The van der Waals surface area contributed by atoms with E-state index in [1.807, 2.05) is 36.9 Å². The number of hydrogen-bond donors (Lipinski definition) is 0. The summed E-state index contributed by atoms with van der Waals surface area (Å²) in [6.07, 6.45) is 3.06. The van der Waals surface area contributed by atoms with Crippen LogP contribution in [0.25, 0.3) is 0 Å². The zero-order chi connectivity index (χ0) is 16.8. The molecule has 1 aliphatic rings. The number of benzene rings is 2. The van der Waals surface area contributed by atoms with E-state index in [4.69, 9.17) is 0 Å². The molecule has 0 bridgehead atoms. The summed E-state index contributed by atoms with van der Waals surface area (Å²) in [5, 5.41) is 0. The van der Waals surface area contributed by atoms with Crippen LogP contribution in [0.2, 0.25) is 0 Å². The molecule has 1 heterocycles. The lowest BCUT2D eigenvalue weighted by molar-refractivity contribution is 0.0985. The molecular formula is C21H27NO. The zero-order valence-corrected chi connectivity index (χ0v) is 14.7. The van der Waals surface area contributed by atoms with Gasteiger partial charge in [-0.3, -0.25) is 4.79 Å². The zero-order valence-electron chi connectivity index (χ0n) is 14.7. The van der Waals surface area contributed by atoms with Gasteiger partial charge >= 0.3 is 0 Å². The Bertz CT molecular complexity index is 675. The molecule has 3 rings (SSSR count). The van der Waals surface area contributed by atoms with Gasteiger partial charge in [0.25, 0.3) is 5.91 Å². The number of hydrogen-bond acceptors (Lipinski definition) is 1. The first-order valence-corrected chi connectivity index (χ1v) is 8.69. The van der Waals surface area contributed by atoms with Crippen LogP contribution in [0.1, 0.15) is 54.2 Å². The van der Waals surface area contributed by atoms with Crippen molar-refractivity contribution in [3.63, 3.8) is 0 Å². The van der Waals surface area contributed by atoms with Gasteiger partial charge in [-0.2, -0.15) is 0 Å². The third-order valence-electron chi connectivity index (χ3n) is 4.18. The van der Waals surface area contributed by atoms with Crippen LogP contribution < -0.4 is 4.90 Å². The van der Waals surface area contributed by atoms with E-state index in [1.165, 1.54) is 16.7 Å². The monoisotopic (exact) mass is 309 g/mol. The molecule has 0 unspecified atom stereocenters. The van der Waals surface area contributed by atoms with Crippen LogP contribution in [0.4, 0.5) is 5.69 Å². The summed E-state index contributed by atoms with van der Waals surface area (Å²) in [5.41, 5.74) is 5.64. The standard InChI is InChI=1S/C19H21NO.C2H6/c1-3-15-6-4-7-17(13-15)19(21)20-11-5-8-16-12-14(2)9-10-18(16)20;1-2/h4,6-7,9-10,12-13H,3,5,8,11H2,1-2H3;1-2H3. The smallest absolute Gasteiger partial charge is 0.258 e. The molecule has 0 radical (unpaired) electrons. The lowest BCUT2D eigenvalue weighted by Crippen LogP contribution is -2.35. The average molecular weight is 309 g/mol. The fourth-order valence-corrected chi connectivity index (χ4v) is 3.02. The van der Waals surface area contributed by atoms with E-state index in [9.17, 15) is 4.79 Å². The SMILES string of the molecule is CC.CCc1cccc(C(=O)N2CCCc3cc(C)ccc32)c1. The van der Waals surface area contributed by atoms with Gasteiger partial charge in [0.15, 0.2) is 0 Å². The molecule has 0 saturated heterocycles. The van der Waals surface area contributed by atoms with Gasteiger partial charge in [0.2, 0.25) is 0 Å². The van der Waals surface area contributed by atoms with E-state index in [0.717, 1.165) is 37.1 Å². The van der Waals surface area contributed by atoms with Gasteiger partial charge in [0, 0.05) is 17.8 Å². The molecule has 1 aliphatic heterocycles. The highest BCUT2D eigenvalue weighted by molar-refractivity contribution is 6.06. The summed E-state index contributed by atoms with van der Waals surface area (Å²) in [7, 11) is 0. The van der Waals surface area contributed by atoms with Gasteiger partial charge in [-0.05, 0) is 55.5 Å². The Kier molecular flexibility index (Phi) is 5.97. The predicted molar refractivity (Wildman–Crippen MR) is 98.3 cm³/mol. The van der Waals surface area contributed by atoms with Crippen molar-refractivity contribution < 1.29 is 4.79 Å². The van der Waals surface area contributed by atoms with Crippen LogP contribution in [0.15, 0.2) is 42.5 Å². The molecule has 0 saturated carbocycles. The maximum Gasteiger partial charge on any atom is 0.258 e. The van der Waals surface area contributed by atoms with Crippen molar-refractivity contribution in [3.05, 3.63) is 64.7 Å². The number of carbonyl (C=O) groups excluding carboxylic acids is 1. The third-order valence-corrected chi connectivity index (χ3v) is 4.18. The summed E-state index contributed by atoms with van der Waals surface area (Å²) >= 11 is 0. The van der Waals surface area contributed by atoms with Crippen LogP contribution in [0, 0.1) is 6.92 Å². The number of nitrogens with zero attached hydrogens (tertiary/aromatic N) is 1. The summed E-state index contributed by atoms with van der Waals surface area (Å²) in [5.74, 6) is 0.120. The van der Waals surface area contributed by atoms with E-state index in [2.05, 4.69) is 38.1 Å². The van der Waals surface area contributed by atoms with Gasteiger partial charge in [0.1, 0.15) is 0 Å². The molecule has 2 nitrogen and oxygen atoms in total. The lowest BCUT2D eigenvalue weighted by Gasteiger charge is -2.30. The number of fused-ring (bicyclic) bond motifs is 1. The van der Waals surface area contributed by atoms with Gasteiger partial charge in [-0.25, -0.2) is 0 Å². The molecule has 122 valence electrons. The second-order valence-corrected chi connectivity index (χ2v) is 5.75. The van der Waals surface area contributed by atoms with E-state index in [0.29, 0.717) is 0 Å². The molecule has 23 heavy (non-hydrogen) atoms. The fourth-order valence-electron chi connectivity index (χ4n) is 3.02. The Labute approximate surface area is 140 Å². The summed E-state index contributed by atoms with van der Waals surface area (Å²) in [6, 6.07) is 14.4. The number of rotatable bonds is 2. The summed E-state index contributed by atoms with van der Waals surface area (Å²) in [4.78, 5) is 14.8. The molecular weight excluding hydrogens is 282 g/mol. The van der Waals surface area contributed by atoms with Crippen molar-refractivity contribution in [2.75, 3.05) is 11.4 Å². The van der Waals surface area contributed by atoms with Crippen LogP contribution in [-0.2, 0) is 12.8 Å². The molecule has 0 aliphatic carbocycles. The molecule has 0 spiro atoms. The normalized spacial score (nSPS) is 13.0. The van der Waals surface area contributed by atoms with Crippen LogP contribution in [-0.4, -0.2) is 12.5 Å². The van der Waals surface area contributed by atoms with Crippen molar-refractivity contribution >= 4 is 11.6 Å². The maximum absolute atomic E-state index is 12.8. The molecule has 2 aromatic carbocycles. The third kappa shape index (κ3) is 3.82. The number of aryl methyl sites for hydroxylation is 3. The van der Waals surface area contributed by atoms with Crippen molar-refractivity contribution in [2.24, 2.45) is 0 Å². The highest BCUT2D eigenvalue weighted by Crippen LogP contribution is 2.29. The number of carbonyl (C=O) groups is 1. The predicted octanol–water partition coefficient (Wildman–Crippen LogP) is 5.18. The first-order valence-electron chi connectivity index (χ1n) is 8.69. The minimum absolute atomic E-state index is 0.120. The Morgan fingerprint density at radius 3 is 2.65 bits per heavy atom. The minimum Gasteiger partial charge on any atom is -0.308 e. The molecule has 0 aromatic heterocycles. The van der Waals surface area contributed by atoms with Gasteiger partial charge in [0.05, 0.1) is 0 Å². The molecule has 2 heteroatoms. The second-order valence-electron chi connectivity index (χ2n) is 5.75. The largest absolute Gasteiger partial charge is 0.308 e. The highest BCUT2D eigenvalue weighted by atomic mass is 16.2. The van der Waals surface area contributed by atoms with E-state index < -0.39 is 0 Å². The second kappa shape index (κ2) is 7.96. The Hall–Kier alpha value is -2.09. The van der Waals surface area contributed by atoms with E-state index >= 15 is 0 Å². The average Bonchev–Trinajstić information content (AvgIpc) is 2.62. The van der Waals surface area contributed by atoms with Crippen molar-refractivity contribution in [1.82, 2.24) is 0 Å². The summed E-state index contributed by atoms with van der Waals surface area (Å²) in [6.45, 7) is 9.03. The van der Waals surface area contributed by atoms with Gasteiger partial charge in [-0.1, -0.05) is 50.6 Å². The Balaban J connectivity index is 0.000000924. The topological polar surface area (TPSA) is 20.3 Å². The highest BCUT2D eigenvalue weighted by Gasteiger charge is 2.23. The van der Waals surface area contributed by atoms with E-state index in [1.54, 1.807) is 0 Å². The van der Waals surface area contributed by atoms with Gasteiger partial charge < -0.3 is 4.90 Å². The van der Waals surface area contributed by atoms with Crippen molar-refractivity contribution in [3.8, 4) is 0 Å². The molecule has 1 amide bonds. The van der Waals surface area contributed by atoms with Crippen LogP contribution in [0.5, 0.6) is 0 Å². The first-order chi connectivity index (χ1) is 11.2. The Morgan fingerprint density at radius 2 is 1.91 bits per heavy atom.